The Hall–Kier alpha value is -1.76. The average Bonchev–Trinajstić information content (AvgIpc) is 2.71. The van der Waals surface area contributed by atoms with Crippen LogP contribution >= 0.6 is 0 Å². The molecule has 0 atom stereocenters. The lowest BCUT2D eigenvalue weighted by molar-refractivity contribution is 0.827. The number of fused-ring (bicyclic) bond motifs is 3. The smallest absolute Gasteiger partial charge is 0.0494 e. The summed E-state index contributed by atoms with van der Waals surface area (Å²) in [5.41, 5.74) is 5.52. The number of aryl methyl sites for hydroxylation is 3. The maximum atomic E-state index is 2.42. The van der Waals surface area contributed by atoms with E-state index in [4.69, 9.17) is 0 Å². The molecule has 3 rings (SSSR count). The maximum Gasteiger partial charge on any atom is 0.0494 e. The second-order valence-electron chi connectivity index (χ2n) is 4.93. The molecular weight excluding hydrogens is 218 g/mol. The molecule has 0 aliphatic rings. The van der Waals surface area contributed by atoms with Gasteiger partial charge in [0.05, 0.1) is 0 Å². The number of nitrogens with zero attached hydrogens (tertiary/aromatic N) is 1. The SMILES string of the molecule is CCc1cccc2c1c1cc(C)ccc1n2CC. The molecule has 0 unspecified atom stereocenters. The van der Waals surface area contributed by atoms with Crippen LogP contribution in [0.1, 0.15) is 25.0 Å². The predicted molar refractivity (Wildman–Crippen MR) is 79.2 cm³/mol. The highest BCUT2D eigenvalue weighted by molar-refractivity contribution is 6.10. The van der Waals surface area contributed by atoms with Crippen molar-refractivity contribution in [3.63, 3.8) is 0 Å². The fourth-order valence-corrected chi connectivity index (χ4v) is 2.97. The van der Waals surface area contributed by atoms with E-state index in [1.165, 1.54) is 32.9 Å². The molecule has 1 nitrogen and oxygen atoms in total. The van der Waals surface area contributed by atoms with Crippen molar-refractivity contribution >= 4 is 21.8 Å². The Balaban J connectivity index is 2.58. The van der Waals surface area contributed by atoms with E-state index in [-0.39, 0.29) is 0 Å². The Morgan fingerprint density at radius 3 is 2.56 bits per heavy atom. The van der Waals surface area contributed by atoms with Gasteiger partial charge in [0.2, 0.25) is 0 Å². The van der Waals surface area contributed by atoms with Gasteiger partial charge in [0.1, 0.15) is 0 Å². The largest absolute Gasteiger partial charge is 0.341 e. The maximum absolute atomic E-state index is 2.42. The molecule has 0 saturated carbocycles. The standard InChI is InChI=1S/C17H19N/c1-4-13-7-6-8-16-17(13)14-11-12(3)9-10-15(14)18(16)5-2/h6-11H,4-5H2,1-3H3. The summed E-state index contributed by atoms with van der Waals surface area (Å²) in [7, 11) is 0. The monoisotopic (exact) mass is 237 g/mol. The molecule has 0 N–H and O–H groups in total. The van der Waals surface area contributed by atoms with Crippen LogP contribution in [0.4, 0.5) is 0 Å². The fourth-order valence-electron chi connectivity index (χ4n) is 2.97. The van der Waals surface area contributed by atoms with Crippen LogP contribution in [0.25, 0.3) is 21.8 Å². The first-order chi connectivity index (χ1) is 8.76. The third-order valence-corrected chi connectivity index (χ3v) is 3.83. The number of hydrogen-bond acceptors (Lipinski definition) is 0. The van der Waals surface area contributed by atoms with Gasteiger partial charge >= 0.3 is 0 Å². The van der Waals surface area contributed by atoms with Crippen molar-refractivity contribution in [1.29, 1.82) is 0 Å². The average molecular weight is 237 g/mol. The molecule has 0 fully saturated rings. The van der Waals surface area contributed by atoms with E-state index in [0.717, 1.165) is 13.0 Å². The zero-order valence-corrected chi connectivity index (χ0v) is 11.3. The molecule has 1 heterocycles. The van der Waals surface area contributed by atoms with Crippen molar-refractivity contribution in [3.05, 3.63) is 47.5 Å². The van der Waals surface area contributed by atoms with Gasteiger partial charge in [-0.2, -0.15) is 0 Å². The highest BCUT2D eigenvalue weighted by Crippen LogP contribution is 2.32. The normalized spacial score (nSPS) is 11.5. The van der Waals surface area contributed by atoms with Crippen LogP contribution < -0.4 is 0 Å². The minimum absolute atomic E-state index is 1.02. The van der Waals surface area contributed by atoms with Crippen molar-refractivity contribution in [2.75, 3.05) is 0 Å². The first kappa shape index (κ1) is 11.3. The van der Waals surface area contributed by atoms with Crippen molar-refractivity contribution in [2.24, 2.45) is 0 Å². The van der Waals surface area contributed by atoms with Gasteiger partial charge in [-0.1, -0.05) is 30.7 Å². The van der Waals surface area contributed by atoms with E-state index in [2.05, 4.69) is 61.7 Å². The van der Waals surface area contributed by atoms with E-state index in [0.29, 0.717) is 0 Å². The molecule has 2 aromatic carbocycles. The Kier molecular flexibility index (Phi) is 2.62. The van der Waals surface area contributed by atoms with Gasteiger partial charge in [-0.3, -0.25) is 0 Å². The third-order valence-electron chi connectivity index (χ3n) is 3.83. The summed E-state index contributed by atoms with van der Waals surface area (Å²) in [6, 6.07) is 13.5. The highest BCUT2D eigenvalue weighted by Gasteiger charge is 2.11. The van der Waals surface area contributed by atoms with E-state index in [9.17, 15) is 0 Å². The van der Waals surface area contributed by atoms with E-state index < -0.39 is 0 Å². The number of aromatic nitrogens is 1. The molecule has 0 aliphatic carbocycles. The fraction of sp³-hybridized carbons (Fsp3) is 0.294. The number of hydrogen-bond donors (Lipinski definition) is 0. The molecule has 0 spiro atoms. The Bertz CT molecular complexity index is 719. The lowest BCUT2D eigenvalue weighted by Gasteiger charge is -2.03. The molecule has 92 valence electrons. The summed E-state index contributed by atoms with van der Waals surface area (Å²) in [6.45, 7) is 7.65. The summed E-state index contributed by atoms with van der Waals surface area (Å²) in [5, 5.41) is 2.85. The summed E-state index contributed by atoms with van der Waals surface area (Å²) in [5.74, 6) is 0. The van der Waals surface area contributed by atoms with Crippen LogP contribution in [0.2, 0.25) is 0 Å². The first-order valence-electron chi connectivity index (χ1n) is 6.76. The van der Waals surface area contributed by atoms with E-state index >= 15 is 0 Å². The summed E-state index contributed by atoms with van der Waals surface area (Å²) < 4.78 is 2.42. The molecule has 0 saturated heterocycles. The second kappa shape index (κ2) is 4.16. The number of rotatable bonds is 2. The predicted octanol–water partition coefficient (Wildman–Crippen LogP) is 4.69. The van der Waals surface area contributed by atoms with Gasteiger partial charge < -0.3 is 4.57 Å². The van der Waals surface area contributed by atoms with Crippen molar-refractivity contribution in [2.45, 2.75) is 33.7 Å². The summed E-state index contributed by atoms with van der Waals surface area (Å²) in [4.78, 5) is 0. The Morgan fingerprint density at radius 2 is 1.83 bits per heavy atom. The molecule has 0 amide bonds. The van der Waals surface area contributed by atoms with Crippen molar-refractivity contribution < 1.29 is 0 Å². The topological polar surface area (TPSA) is 4.93 Å². The van der Waals surface area contributed by atoms with Gasteiger partial charge in [0.25, 0.3) is 0 Å². The molecular formula is C17H19N. The molecule has 0 bridgehead atoms. The van der Waals surface area contributed by atoms with Crippen LogP contribution in [0.15, 0.2) is 36.4 Å². The molecule has 3 aromatic rings. The quantitative estimate of drug-likeness (QED) is 0.609. The molecule has 0 radical (unpaired) electrons. The molecule has 0 aliphatic heterocycles. The van der Waals surface area contributed by atoms with Crippen LogP contribution in [0.3, 0.4) is 0 Å². The Morgan fingerprint density at radius 1 is 1.00 bits per heavy atom. The van der Waals surface area contributed by atoms with Gasteiger partial charge in [-0.25, -0.2) is 0 Å². The van der Waals surface area contributed by atoms with Gasteiger partial charge in [-0.15, -0.1) is 0 Å². The lowest BCUT2D eigenvalue weighted by Crippen LogP contribution is -1.93. The zero-order chi connectivity index (χ0) is 12.7. The van der Waals surface area contributed by atoms with Gasteiger partial charge in [-0.05, 0) is 44.0 Å². The summed E-state index contributed by atoms with van der Waals surface area (Å²) >= 11 is 0. The van der Waals surface area contributed by atoms with E-state index in [1.807, 2.05) is 0 Å². The Labute approximate surface area is 108 Å². The minimum Gasteiger partial charge on any atom is -0.341 e. The first-order valence-corrected chi connectivity index (χ1v) is 6.76. The van der Waals surface area contributed by atoms with Crippen LogP contribution in [0.5, 0.6) is 0 Å². The van der Waals surface area contributed by atoms with Crippen LogP contribution in [0, 0.1) is 6.92 Å². The highest BCUT2D eigenvalue weighted by atomic mass is 15.0. The van der Waals surface area contributed by atoms with Crippen LogP contribution in [-0.2, 0) is 13.0 Å². The lowest BCUT2D eigenvalue weighted by atomic mass is 10.0. The van der Waals surface area contributed by atoms with Crippen molar-refractivity contribution in [1.82, 2.24) is 4.57 Å². The number of benzene rings is 2. The van der Waals surface area contributed by atoms with Crippen molar-refractivity contribution in [3.8, 4) is 0 Å². The molecule has 1 heteroatoms. The molecule has 1 aromatic heterocycles. The zero-order valence-electron chi connectivity index (χ0n) is 11.3. The van der Waals surface area contributed by atoms with E-state index in [1.54, 1.807) is 0 Å². The third kappa shape index (κ3) is 1.47. The minimum atomic E-state index is 1.02. The molecule has 18 heavy (non-hydrogen) atoms. The van der Waals surface area contributed by atoms with Crippen LogP contribution in [-0.4, -0.2) is 4.57 Å². The summed E-state index contributed by atoms with van der Waals surface area (Å²) in [6.07, 6.45) is 1.09. The second-order valence-corrected chi connectivity index (χ2v) is 4.93. The van der Waals surface area contributed by atoms with Gasteiger partial charge in [0.15, 0.2) is 0 Å². The van der Waals surface area contributed by atoms with Gasteiger partial charge in [0, 0.05) is 28.4 Å².